The first kappa shape index (κ1) is 15.7. The Hall–Kier alpha value is -0.650. The van der Waals surface area contributed by atoms with Gasteiger partial charge in [0.1, 0.15) is 0 Å². The highest BCUT2D eigenvalue weighted by Crippen LogP contribution is 2.27. The van der Waals surface area contributed by atoms with Gasteiger partial charge in [0.15, 0.2) is 0 Å². The van der Waals surface area contributed by atoms with Gasteiger partial charge in [0.25, 0.3) is 5.76 Å². The van der Waals surface area contributed by atoms with Crippen LogP contribution in [0.5, 0.6) is 0 Å². The van der Waals surface area contributed by atoms with E-state index in [4.69, 9.17) is 0 Å². The van der Waals surface area contributed by atoms with E-state index in [-0.39, 0.29) is 12.1 Å². The van der Waals surface area contributed by atoms with Gasteiger partial charge in [-0.3, -0.25) is 0 Å². The van der Waals surface area contributed by atoms with Gasteiger partial charge in [0.05, 0.1) is 6.10 Å². The lowest BCUT2D eigenvalue weighted by Crippen LogP contribution is -2.36. The van der Waals surface area contributed by atoms with Crippen LogP contribution in [-0.2, 0) is 0 Å². The van der Waals surface area contributed by atoms with Crippen molar-refractivity contribution in [2.24, 2.45) is 0 Å². The number of hydrogen-bond acceptors (Lipinski definition) is 3. The smallest absolute Gasteiger partial charge is 0.288 e. The zero-order valence-corrected chi connectivity index (χ0v) is 12.4. The summed E-state index contributed by atoms with van der Waals surface area (Å²) in [7, 11) is 0. The number of hydrogen-bond donors (Lipinski definition) is 2. The summed E-state index contributed by atoms with van der Waals surface area (Å²) in [6.07, 6.45) is 3.55. The molecule has 5 heteroatoms. The molecule has 0 aromatic heterocycles. The molecule has 0 spiro atoms. The molecule has 0 saturated heterocycles. The summed E-state index contributed by atoms with van der Waals surface area (Å²) in [6.45, 7) is 2.08. The van der Waals surface area contributed by atoms with Crippen molar-refractivity contribution in [3.63, 3.8) is 0 Å². The molecule has 1 atom stereocenters. The summed E-state index contributed by atoms with van der Waals surface area (Å²) in [5, 5.41) is 13.0. The average Bonchev–Trinajstić information content (AvgIpc) is 2.41. The monoisotopic (exact) mass is 301 g/mol. The third-order valence-electron chi connectivity index (χ3n) is 3.79. The molecule has 1 saturated carbocycles. The van der Waals surface area contributed by atoms with Crippen LogP contribution in [0, 0.1) is 0 Å². The van der Waals surface area contributed by atoms with Gasteiger partial charge in [0, 0.05) is 17.0 Å². The summed E-state index contributed by atoms with van der Waals surface area (Å²) in [5.74, 6) is -2.37. The molecule has 2 nitrogen and oxygen atoms in total. The first-order valence-electron chi connectivity index (χ1n) is 7.03. The Morgan fingerprint density at radius 2 is 1.75 bits per heavy atom. The van der Waals surface area contributed by atoms with E-state index in [2.05, 4.69) is 12.2 Å². The molecule has 20 heavy (non-hydrogen) atoms. The van der Waals surface area contributed by atoms with E-state index < -0.39 is 5.76 Å². The third-order valence-corrected chi connectivity index (χ3v) is 4.51. The second-order valence-electron chi connectivity index (χ2n) is 5.34. The Balaban J connectivity index is 1.87. The standard InChI is InChI=1S/C15H21F2NOS/c1-10(18-12-4-6-13(19)7-5-12)11-2-8-14(9-3-11)20-15(16)17/h2-3,8-10,12-13,15,18-19H,4-7H2,1H3/t10-,12?,13?/m0/s1. The summed E-state index contributed by atoms with van der Waals surface area (Å²) >= 11 is 0.573. The zero-order valence-electron chi connectivity index (χ0n) is 11.6. The maximum absolute atomic E-state index is 12.3. The van der Waals surface area contributed by atoms with E-state index >= 15 is 0 Å². The number of alkyl halides is 2. The highest BCUT2D eigenvalue weighted by molar-refractivity contribution is 7.99. The van der Waals surface area contributed by atoms with E-state index in [0.29, 0.717) is 22.7 Å². The van der Waals surface area contributed by atoms with Gasteiger partial charge < -0.3 is 10.4 Å². The predicted molar refractivity (Wildman–Crippen MR) is 78.1 cm³/mol. The minimum absolute atomic E-state index is 0.144. The SMILES string of the molecule is C[C@H](NC1CCC(O)CC1)c1ccc(SC(F)F)cc1. The summed E-state index contributed by atoms with van der Waals surface area (Å²) in [5.41, 5.74) is 1.11. The molecule has 1 aromatic rings. The van der Waals surface area contributed by atoms with Crippen LogP contribution in [-0.4, -0.2) is 23.0 Å². The Kier molecular flexibility index (Phi) is 5.81. The molecule has 0 heterocycles. The average molecular weight is 301 g/mol. The normalized spacial score (nSPS) is 24.9. The minimum Gasteiger partial charge on any atom is -0.393 e. The van der Waals surface area contributed by atoms with Crippen molar-refractivity contribution >= 4 is 11.8 Å². The molecule has 2 rings (SSSR count). The summed E-state index contributed by atoms with van der Waals surface area (Å²) in [6, 6.07) is 7.92. The quantitative estimate of drug-likeness (QED) is 0.808. The van der Waals surface area contributed by atoms with Gasteiger partial charge in [0.2, 0.25) is 0 Å². The van der Waals surface area contributed by atoms with Crippen LogP contribution in [0.2, 0.25) is 0 Å². The zero-order chi connectivity index (χ0) is 14.5. The molecule has 1 aromatic carbocycles. The Labute approximate surface area is 123 Å². The molecule has 112 valence electrons. The number of thioether (sulfide) groups is 1. The highest BCUT2D eigenvalue weighted by atomic mass is 32.2. The van der Waals surface area contributed by atoms with Crippen molar-refractivity contribution in [2.75, 3.05) is 0 Å². The lowest BCUT2D eigenvalue weighted by atomic mass is 9.92. The van der Waals surface area contributed by atoms with Crippen molar-refractivity contribution < 1.29 is 13.9 Å². The first-order valence-corrected chi connectivity index (χ1v) is 7.91. The summed E-state index contributed by atoms with van der Waals surface area (Å²) < 4.78 is 24.5. The van der Waals surface area contributed by atoms with Gasteiger partial charge in [-0.2, -0.15) is 8.78 Å². The second-order valence-corrected chi connectivity index (χ2v) is 6.40. The van der Waals surface area contributed by atoms with Gasteiger partial charge in [-0.25, -0.2) is 0 Å². The number of benzene rings is 1. The summed E-state index contributed by atoms with van der Waals surface area (Å²) in [4.78, 5) is 0.594. The fourth-order valence-electron chi connectivity index (χ4n) is 2.63. The van der Waals surface area contributed by atoms with Crippen LogP contribution < -0.4 is 5.32 Å². The maximum atomic E-state index is 12.3. The van der Waals surface area contributed by atoms with Crippen molar-refractivity contribution in [1.82, 2.24) is 5.32 Å². The molecule has 2 N–H and O–H groups in total. The van der Waals surface area contributed by atoms with Crippen molar-refractivity contribution in [3.8, 4) is 0 Å². The van der Waals surface area contributed by atoms with Crippen LogP contribution in [0.15, 0.2) is 29.2 Å². The third kappa shape index (κ3) is 4.72. The number of aliphatic hydroxyl groups excluding tert-OH is 1. The Morgan fingerprint density at radius 1 is 1.15 bits per heavy atom. The predicted octanol–water partition coefficient (Wildman–Crippen LogP) is 3.96. The number of rotatable bonds is 5. The molecule has 1 aliphatic carbocycles. The number of aliphatic hydroxyl groups is 1. The van der Waals surface area contributed by atoms with E-state index in [0.717, 1.165) is 31.2 Å². The number of nitrogens with one attached hydrogen (secondary N) is 1. The molecule has 0 amide bonds. The number of halogens is 2. The molecule has 0 aliphatic heterocycles. The molecular formula is C15H21F2NOS. The molecule has 1 aliphatic rings. The van der Waals surface area contributed by atoms with Crippen molar-refractivity contribution in [3.05, 3.63) is 29.8 Å². The lowest BCUT2D eigenvalue weighted by Gasteiger charge is -2.29. The lowest BCUT2D eigenvalue weighted by molar-refractivity contribution is 0.114. The molecule has 0 radical (unpaired) electrons. The maximum Gasteiger partial charge on any atom is 0.288 e. The molecule has 0 unspecified atom stereocenters. The van der Waals surface area contributed by atoms with Gasteiger partial charge in [-0.05, 0) is 50.3 Å². The van der Waals surface area contributed by atoms with E-state index in [1.165, 1.54) is 0 Å². The van der Waals surface area contributed by atoms with Crippen LogP contribution in [0.3, 0.4) is 0 Å². The van der Waals surface area contributed by atoms with E-state index in [9.17, 15) is 13.9 Å². The second kappa shape index (κ2) is 7.38. The van der Waals surface area contributed by atoms with Crippen molar-refractivity contribution in [1.29, 1.82) is 0 Å². The molecule has 0 bridgehead atoms. The minimum atomic E-state index is -2.37. The van der Waals surface area contributed by atoms with E-state index in [1.807, 2.05) is 12.1 Å². The first-order chi connectivity index (χ1) is 9.54. The van der Waals surface area contributed by atoms with Gasteiger partial charge >= 0.3 is 0 Å². The Bertz CT molecular complexity index is 405. The Morgan fingerprint density at radius 3 is 2.30 bits per heavy atom. The van der Waals surface area contributed by atoms with Gasteiger partial charge in [-0.15, -0.1) is 0 Å². The highest BCUT2D eigenvalue weighted by Gasteiger charge is 2.20. The van der Waals surface area contributed by atoms with Crippen LogP contribution in [0.1, 0.15) is 44.2 Å². The van der Waals surface area contributed by atoms with E-state index in [1.54, 1.807) is 12.1 Å². The fraction of sp³-hybridized carbons (Fsp3) is 0.600. The fourth-order valence-corrected chi connectivity index (χ4v) is 3.13. The largest absolute Gasteiger partial charge is 0.393 e. The van der Waals surface area contributed by atoms with Crippen LogP contribution in [0.25, 0.3) is 0 Å². The van der Waals surface area contributed by atoms with Crippen LogP contribution >= 0.6 is 11.8 Å². The van der Waals surface area contributed by atoms with Crippen molar-refractivity contribution in [2.45, 2.75) is 61.4 Å². The molecule has 1 fully saturated rings. The van der Waals surface area contributed by atoms with Gasteiger partial charge in [-0.1, -0.05) is 23.9 Å². The molecular weight excluding hydrogens is 280 g/mol. The topological polar surface area (TPSA) is 32.3 Å². The van der Waals surface area contributed by atoms with Crippen LogP contribution in [0.4, 0.5) is 8.78 Å².